The summed E-state index contributed by atoms with van der Waals surface area (Å²) < 4.78 is 40.4. The molecule has 0 atom stereocenters. The van der Waals surface area contributed by atoms with Crippen LogP contribution in [0.1, 0.15) is 5.56 Å². The van der Waals surface area contributed by atoms with Crippen molar-refractivity contribution in [3.63, 3.8) is 0 Å². The van der Waals surface area contributed by atoms with Crippen LogP contribution in [0.2, 0.25) is 0 Å². The summed E-state index contributed by atoms with van der Waals surface area (Å²) in [6, 6.07) is 6.87. The van der Waals surface area contributed by atoms with Crippen LogP contribution in [-0.2, 0) is 6.61 Å². The van der Waals surface area contributed by atoms with Gasteiger partial charge in [-0.05, 0) is 18.2 Å². The maximum atomic E-state index is 12.2. The second kappa shape index (κ2) is 5.38. The summed E-state index contributed by atoms with van der Waals surface area (Å²) in [6.07, 6.45) is -3.33. The third-order valence-electron chi connectivity index (χ3n) is 2.59. The molecule has 0 aliphatic rings. The molecule has 0 fully saturated rings. The highest BCUT2D eigenvalue weighted by atomic mass is 19.4. The number of hydrogen-bond donors (Lipinski definition) is 2. The van der Waals surface area contributed by atoms with Crippen molar-refractivity contribution in [2.45, 2.75) is 13.0 Å². The third-order valence-corrected chi connectivity index (χ3v) is 2.59. The van der Waals surface area contributed by atoms with E-state index in [1.54, 1.807) is 6.07 Å². The van der Waals surface area contributed by atoms with Gasteiger partial charge in [-0.3, -0.25) is 4.98 Å². The van der Waals surface area contributed by atoms with Gasteiger partial charge in [0.05, 0.1) is 18.0 Å². The van der Waals surface area contributed by atoms with Crippen molar-refractivity contribution in [2.24, 2.45) is 0 Å². The van der Waals surface area contributed by atoms with Crippen LogP contribution in [0, 0.1) is 0 Å². The lowest BCUT2D eigenvalue weighted by Crippen LogP contribution is -2.17. The molecule has 0 saturated carbocycles. The van der Waals surface area contributed by atoms with E-state index in [-0.39, 0.29) is 18.0 Å². The van der Waals surface area contributed by atoms with Gasteiger partial charge < -0.3 is 15.6 Å². The van der Waals surface area contributed by atoms with Crippen LogP contribution in [0.4, 0.5) is 18.9 Å². The van der Waals surface area contributed by atoms with Gasteiger partial charge in [-0.25, -0.2) is 0 Å². The lowest BCUT2D eigenvalue weighted by atomic mass is 10.1. The van der Waals surface area contributed by atoms with Crippen molar-refractivity contribution in [3.8, 4) is 17.0 Å². The fourth-order valence-electron chi connectivity index (χ4n) is 1.72. The highest BCUT2D eigenvalue weighted by Crippen LogP contribution is 2.30. The zero-order chi connectivity index (χ0) is 14.8. The summed E-state index contributed by atoms with van der Waals surface area (Å²) in [4.78, 5) is 4.02. The molecular weight excluding hydrogens is 273 g/mol. The largest absolute Gasteiger partial charge is 0.573 e. The number of benzene rings is 1. The van der Waals surface area contributed by atoms with E-state index in [1.807, 2.05) is 0 Å². The van der Waals surface area contributed by atoms with Crippen LogP contribution >= 0.6 is 0 Å². The number of nitrogen functional groups attached to an aromatic ring is 1. The number of hydrogen-bond acceptors (Lipinski definition) is 4. The van der Waals surface area contributed by atoms with E-state index in [1.165, 1.54) is 30.5 Å². The van der Waals surface area contributed by atoms with E-state index < -0.39 is 6.36 Å². The van der Waals surface area contributed by atoms with Crippen LogP contribution in [0.15, 0.2) is 36.5 Å². The fraction of sp³-hybridized carbons (Fsp3) is 0.154. The molecule has 0 radical (unpaired) electrons. The van der Waals surface area contributed by atoms with Crippen LogP contribution in [-0.4, -0.2) is 16.5 Å². The first-order chi connectivity index (χ1) is 9.40. The summed E-state index contributed by atoms with van der Waals surface area (Å²) >= 11 is 0. The lowest BCUT2D eigenvalue weighted by Gasteiger charge is -2.11. The van der Waals surface area contributed by atoms with E-state index in [0.29, 0.717) is 16.8 Å². The second-order valence-electron chi connectivity index (χ2n) is 3.97. The first-order valence-corrected chi connectivity index (χ1v) is 5.61. The van der Waals surface area contributed by atoms with Crippen molar-refractivity contribution < 1.29 is 23.0 Å². The fourth-order valence-corrected chi connectivity index (χ4v) is 1.72. The minimum Gasteiger partial charge on any atom is -0.406 e. The Hall–Kier alpha value is -2.28. The Labute approximate surface area is 112 Å². The Balaban J connectivity index is 2.41. The van der Waals surface area contributed by atoms with Crippen LogP contribution in [0.25, 0.3) is 11.3 Å². The van der Waals surface area contributed by atoms with Gasteiger partial charge >= 0.3 is 6.36 Å². The third kappa shape index (κ3) is 3.18. The summed E-state index contributed by atoms with van der Waals surface area (Å²) in [7, 11) is 0. The number of nitrogens with zero attached hydrogens (tertiary/aromatic N) is 1. The van der Waals surface area contributed by atoms with Crippen molar-refractivity contribution in [1.29, 1.82) is 0 Å². The molecule has 20 heavy (non-hydrogen) atoms. The highest BCUT2D eigenvalue weighted by Gasteiger charge is 2.31. The number of nitrogens with two attached hydrogens (primary N) is 1. The monoisotopic (exact) mass is 284 g/mol. The number of alkyl halides is 3. The summed E-state index contributed by atoms with van der Waals surface area (Å²) in [6.45, 7) is -0.278. The highest BCUT2D eigenvalue weighted by molar-refractivity contribution is 5.75. The van der Waals surface area contributed by atoms with Gasteiger partial charge in [-0.15, -0.1) is 13.2 Å². The molecule has 0 aliphatic carbocycles. The topological polar surface area (TPSA) is 68.4 Å². The number of halogens is 3. The first-order valence-electron chi connectivity index (χ1n) is 5.61. The van der Waals surface area contributed by atoms with Crippen molar-refractivity contribution >= 4 is 5.69 Å². The van der Waals surface area contributed by atoms with Gasteiger partial charge in [-0.2, -0.15) is 0 Å². The van der Waals surface area contributed by atoms with Crippen LogP contribution < -0.4 is 10.5 Å². The average molecular weight is 284 g/mol. The normalized spacial score (nSPS) is 11.4. The molecule has 0 amide bonds. The van der Waals surface area contributed by atoms with Crippen LogP contribution in [0.3, 0.4) is 0 Å². The molecule has 0 unspecified atom stereocenters. The summed E-state index contributed by atoms with van der Waals surface area (Å²) in [5.41, 5.74) is 7.16. The van der Waals surface area contributed by atoms with Gasteiger partial charge in [0, 0.05) is 17.3 Å². The Kier molecular flexibility index (Phi) is 3.80. The van der Waals surface area contributed by atoms with E-state index in [0.717, 1.165) is 0 Å². The van der Waals surface area contributed by atoms with E-state index in [9.17, 15) is 13.2 Å². The molecule has 1 heterocycles. The molecule has 3 N–H and O–H groups in total. The van der Waals surface area contributed by atoms with Gasteiger partial charge in [0.2, 0.25) is 0 Å². The predicted octanol–water partition coefficient (Wildman–Crippen LogP) is 2.72. The summed E-state index contributed by atoms with van der Waals surface area (Å²) in [5, 5.41) is 9.12. The second-order valence-corrected chi connectivity index (χ2v) is 3.97. The molecule has 2 rings (SSSR count). The SMILES string of the molecule is Nc1c(CO)ccnc1-c1cccc(OC(F)(F)F)c1. The van der Waals surface area contributed by atoms with Crippen molar-refractivity contribution in [2.75, 3.05) is 5.73 Å². The number of anilines is 1. The molecule has 7 heteroatoms. The molecular formula is C13H11F3N2O2. The van der Waals surface area contributed by atoms with Gasteiger partial charge in [-0.1, -0.05) is 12.1 Å². The number of aromatic nitrogens is 1. The van der Waals surface area contributed by atoms with E-state index >= 15 is 0 Å². The molecule has 1 aromatic heterocycles. The number of pyridine rings is 1. The minimum absolute atomic E-state index is 0.221. The molecule has 0 saturated heterocycles. The molecule has 0 aliphatic heterocycles. The average Bonchev–Trinajstić information content (AvgIpc) is 2.37. The maximum Gasteiger partial charge on any atom is 0.573 e. The predicted molar refractivity (Wildman–Crippen MR) is 66.7 cm³/mol. The first kappa shape index (κ1) is 14.1. The minimum atomic E-state index is -4.76. The quantitative estimate of drug-likeness (QED) is 0.909. The van der Waals surface area contributed by atoms with Gasteiger partial charge in [0.15, 0.2) is 0 Å². The zero-order valence-electron chi connectivity index (χ0n) is 10.2. The Morgan fingerprint density at radius 3 is 2.65 bits per heavy atom. The molecule has 106 valence electrons. The maximum absolute atomic E-state index is 12.2. The smallest absolute Gasteiger partial charge is 0.406 e. The standard InChI is InChI=1S/C13H11F3N2O2/c14-13(15,16)20-10-3-1-2-8(6-10)12-11(17)9(7-19)4-5-18-12/h1-6,19H,7,17H2. The van der Waals surface area contributed by atoms with E-state index in [2.05, 4.69) is 9.72 Å². The summed E-state index contributed by atoms with van der Waals surface area (Å²) in [5.74, 6) is -0.356. The van der Waals surface area contributed by atoms with Gasteiger partial charge in [0.25, 0.3) is 0 Å². The molecule has 0 spiro atoms. The lowest BCUT2D eigenvalue weighted by molar-refractivity contribution is -0.274. The van der Waals surface area contributed by atoms with Gasteiger partial charge in [0.1, 0.15) is 5.75 Å². The molecule has 1 aromatic carbocycles. The zero-order valence-corrected chi connectivity index (χ0v) is 10.2. The number of ether oxygens (including phenoxy) is 1. The number of aliphatic hydroxyl groups excluding tert-OH is 1. The van der Waals surface area contributed by atoms with Crippen molar-refractivity contribution in [3.05, 3.63) is 42.1 Å². The molecule has 0 bridgehead atoms. The Bertz CT molecular complexity index is 615. The van der Waals surface area contributed by atoms with E-state index in [4.69, 9.17) is 10.8 Å². The Morgan fingerprint density at radius 1 is 1.25 bits per heavy atom. The molecule has 2 aromatic rings. The number of aliphatic hydroxyl groups is 1. The van der Waals surface area contributed by atoms with Crippen LogP contribution in [0.5, 0.6) is 5.75 Å². The molecule has 4 nitrogen and oxygen atoms in total. The van der Waals surface area contributed by atoms with Crippen molar-refractivity contribution in [1.82, 2.24) is 4.98 Å². The number of rotatable bonds is 3. The Morgan fingerprint density at radius 2 is 2.00 bits per heavy atom.